The van der Waals surface area contributed by atoms with Crippen LogP contribution in [0.1, 0.15) is 50.3 Å². The van der Waals surface area contributed by atoms with Crippen LogP contribution in [0.4, 0.5) is 0 Å². The molecule has 1 aromatic rings. The van der Waals surface area contributed by atoms with E-state index in [2.05, 4.69) is 22.0 Å². The van der Waals surface area contributed by atoms with Crippen LogP contribution in [0.15, 0.2) is 12.3 Å². The third-order valence-electron chi connectivity index (χ3n) is 3.71. The van der Waals surface area contributed by atoms with Gasteiger partial charge in [-0.05, 0) is 31.7 Å². The highest BCUT2D eigenvalue weighted by Crippen LogP contribution is 2.27. The van der Waals surface area contributed by atoms with E-state index in [0.717, 1.165) is 18.5 Å². The molecule has 0 radical (unpaired) electrons. The average molecular weight is 252 g/mol. The van der Waals surface area contributed by atoms with Gasteiger partial charge < -0.3 is 9.84 Å². The van der Waals surface area contributed by atoms with Gasteiger partial charge in [0.25, 0.3) is 0 Å². The van der Waals surface area contributed by atoms with E-state index in [0.29, 0.717) is 12.6 Å². The van der Waals surface area contributed by atoms with Gasteiger partial charge in [-0.15, -0.1) is 0 Å². The number of rotatable bonds is 6. The van der Waals surface area contributed by atoms with Crippen LogP contribution < -0.4 is 0 Å². The molecule has 0 aliphatic heterocycles. The molecule has 4 nitrogen and oxygen atoms in total. The second-order valence-corrected chi connectivity index (χ2v) is 5.23. The summed E-state index contributed by atoms with van der Waals surface area (Å²) in [6.45, 7) is 0.406. The lowest BCUT2D eigenvalue weighted by Gasteiger charge is -2.21. The van der Waals surface area contributed by atoms with Gasteiger partial charge >= 0.3 is 0 Å². The molecule has 102 valence electrons. The number of aromatic nitrogens is 2. The fourth-order valence-electron chi connectivity index (χ4n) is 2.65. The van der Waals surface area contributed by atoms with Crippen LogP contribution in [-0.2, 0) is 11.2 Å². The summed E-state index contributed by atoms with van der Waals surface area (Å²) in [6.07, 6.45) is 9.79. The summed E-state index contributed by atoms with van der Waals surface area (Å²) in [6, 6.07) is 2.67. The Kier molecular flexibility index (Phi) is 5.20. The third kappa shape index (κ3) is 3.82. The van der Waals surface area contributed by atoms with E-state index >= 15 is 0 Å². The quantitative estimate of drug-likeness (QED) is 0.845. The van der Waals surface area contributed by atoms with Crippen LogP contribution in [0.25, 0.3) is 0 Å². The molecule has 1 fully saturated rings. The van der Waals surface area contributed by atoms with E-state index in [-0.39, 0.29) is 6.10 Å². The summed E-state index contributed by atoms with van der Waals surface area (Å²) in [7, 11) is 1.61. The topological polar surface area (TPSA) is 47.3 Å². The minimum Gasteiger partial charge on any atom is -0.391 e. The molecule has 4 heteroatoms. The average Bonchev–Trinajstić information content (AvgIpc) is 2.87. The Morgan fingerprint density at radius 2 is 2.22 bits per heavy atom. The Bertz CT molecular complexity index is 345. The predicted octanol–water partition coefficient (Wildman–Crippen LogP) is 2.33. The molecule has 0 bridgehead atoms. The van der Waals surface area contributed by atoms with Crippen molar-refractivity contribution in [2.45, 2.75) is 57.1 Å². The normalized spacial score (nSPS) is 19.0. The molecule has 1 N–H and O–H groups in total. The first-order valence-electron chi connectivity index (χ1n) is 7.00. The molecule has 0 saturated heterocycles. The standard InChI is InChI=1S/C14H24N2O2/c1-18-11-14(17)8-7-12-9-10-16(15-12)13-5-3-2-4-6-13/h9-10,13-14,17H,2-8,11H2,1H3. The molecule has 1 heterocycles. The summed E-state index contributed by atoms with van der Waals surface area (Å²) >= 11 is 0. The van der Waals surface area contributed by atoms with E-state index in [1.807, 2.05) is 0 Å². The van der Waals surface area contributed by atoms with Gasteiger partial charge in [0, 0.05) is 13.3 Å². The molecule has 0 amide bonds. The van der Waals surface area contributed by atoms with Crippen LogP contribution in [0, 0.1) is 0 Å². The molecule has 0 spiro atoms. The monoisotopic (exact) mass is 252 g/mol. The van der Waals surface area contributed by atoms with Crippen LogP contribution in [0.2, 0.25) is 0 Å². The fraction of sp³-hybridized carbons (Fsp3) is 0.786. The number of aliphatic hydroxyl groups is 1. The van der Waals surface area contributed by atoms with Gasteiger partial charge in [0.05, 0.1) is 24.4 Å². The van der Waals surface area contributed by atoms with Crippen molar-refractivity contribution in [2.75, 3.05) is 13.7 Å². The van der Waals surface area contributed by atoms with Gasteiger partial charge in [-0.25, -0.2) is 0 Å². The minimum absolute atomic E-state index is 0.380. The maximum absolute atomic E-state index is 9.61. The SMILES string of the molecule is COCC(O)CCc1ccn(C2CCCCC2)n1. The second-order valence-electron chi connectivity index (χ2n) is 5.23. The number of aryl methyl sites for hydroxylation is 1. The van der Waals surface area contributed by atoms with Crippen LogP contribution in [0.5, 0.6) is 0 Å². The number of hydrogen-bond acceptors (Lipinski definition) is 3. The Balaban J connectivity index is 1.82. The Hall–Kier alpha value is -0.870. The lowest BCUT2D eigenvalue weighted by atomic mass is 9.96. The number of methoxy groups -OCH3 is 1. The first-order valence-corrected chi connectivity index (χ1v) is 7.00. The summed E-state index contributed by atoms with van der Waals surface area (Å²) in [5.74, 6) is 0. The predicted molar refractivity (Wildman–Crippen MR) is 70.6 cm³/mol. The van der Waals surface area contributed by atoms with Gasteiger partial charge in [-0.3, -0.25) is 4.68 Å². The molecule has 1 saturated carbocycles. The van der Waals surface area contributed by atoms with Crippen molar-refractivity contribution < 1.29 is 9.84 Å². The van der Waals surface area contributed by atoms with Crippen molar-refractivity contribution in [3.63, 3.8) is 0 Å². The zero-order chi connectivity index (χ0) is 12.8. The van der Waals surface area contributed by atoms with Crippen LogP contribution in [-0.4, -0.2) is 34.7 Å². The van der Waals surface area contributed by atoms with Crippen molar-refractivity contribution in [3.8, 4) is 0 Å². The van der Waals surface area contributed by atoms with Crippen LogP contribution in [0.3, 0.4) is 0 Å². The van der Waals surface area contributed by atoms with Crippen molar-refractivity contribution in [1.29, 1.82) is 0 Å². The van der Waals surface area contributed by atoms with Crippen molar-refractivity contribution >= 4 is 0 Å². The van der Waals surface area contributed by atoms with E-state index in [1.54, 1.807) is 7.11 Å². The maximum Gasteiger partial charge on any atom is 0.0777 e. The minimum atomic E-state index is -0.380. The summed E-state index contributed by atoms with van der Waals surface area (Å²) in [4.78, 5) is 0. The molecular weight excluding hydrogens is 228 g/mol. The van der Waals surface area contributed by atoms with Gasteiger partial charge in [0.15, 0.2) is 0 Å². The molecule has 0 aromatic carbocycles. The summed E-state index contributed by atoms with van der Waals surface area (Å²) < 4.78 is 7.04. The number of hydrogen-bond donors (Lipinski definition) is 1. The fourth-order valence-corrected chi connectivity index (χ4v) is 2.65. The van der Waals surface area contributed by atoms with E-state index in [4.69, 9.17) is 4.74 Å². The number of ether oxygens (including phenoxy) is 1. The first kappa shape index (κ1) is 13.6. The van der Waals surface area contributed by atoms with Crippen molar-refractivity contribution in [1.82, 2.24) is 9.78 Å². The highest BCUT2D eigenvalue weighted by molar-refractivity contribution is 5.00. The Morgan fingerprint density at radius 3 is 2.94 bits per heavy atom. The van der Waals surface area contributed by atoms with Gasteiger partial charge in [-0.1, -0.05) is 19.3 Å². The van der Waals surface area contributed by atoms with Crippen molar-refractivity contribution in [2.24, 2.45) is 0 Å². The molecule has 18 heavy (non-hydrogen) atoms. The zero-order valence-corrected chi connectivity index (χ0v) is 11.2. The van der Waals surface area contributed by atoms with Gasteiger partial charge in [0.2, 0.25) is 0 Å². The molecule has 1 aliphatic carbocycles. The largest absolute Gasteiger partial charge is 0.391 e. The third-order valence-corrected chi connectivity index (χ3v) is 3.71. The van der Waals surface area contributed by atoms with Gasteiger partial charge in [-0.2, -0.15) is 5.10 Å². The maximum atomic E-state index is 9.61. The summed E-state index contributed by atoms with van der Waals surface area (Å²) in [5, 5.41) is 14.2. The first-order chi connectivity index (χ1) is 8.79. The Labute approximate surface area is 109 Å². The van der Waals surface area contributed by atoms with E-state index < -0.39 is 0 Å². The lowest BCUT2D eigenvalue weighted by molar-refractivity contribution is 0.0593. The van der Waals surface area contributed by atoms with Crippen molar-refractivity contribution in [3.05, 3.63) is 18.0 Å². The highest BCUT2D eigenvalue weighted by atomic mass is 16.5. The molecule has 2 rings (SSSR count). The van der Waals surface area contributed by atoms with E-state index in [9.17, 15) is 5.11 Å². The Morgan fingerprint density at radius 1 is 1.44 bits per heavy atom. The van der Waals surface area contributed by atoms with Gasteiger partial charge in [0.1, 0.15) is 0 Å². The summed E-state index contributed by atoms with van der Waals surface area (Å²) in [5.41, 5.74) is 1.08. The number of nitrogens with zero attached hydrogens (tertiary/aromatic N) is 2. The van der Waals surface area contributed by atoms with E-state index in [1.165, 1.54) is 32.1 Å². The molecule has 1 aromatic heterocycles. The molecule has 1 unspecified atom stereocenters. The highest BCUT2D eigenvalue weighted by Gasteiger charge is 2.16. The molecule has 1 atom stereocenters. The molecule has 1 aliphatic rings. The lowest BCUT2D eigenvalue weighted by Crippen LogP contribution is -2.15. The number of aliphatic hydroxyl groups excluding tert-OH is 1. The molecular formula is C14H24N2O2. The zero-order valence-electron chi connectivity index (χ0n) is 11.2. The van der Waals surface area contributed by atoms with Crippen LogP contribution >= 0.6 is 0 Å². The second kappa shape index (κ2) is 6.90. The smallest absolute Gasteiger partial charge is 0.0777 e.